The van der Waals surface area contributed by atoms with Gasteiger partial charge >= 0.3 is 12.4 Å². The molecule has 0 amide bonds. The highest BCUT2D eigenvalue weighted by Crippen LogP contribution is 2.46. The van der Waals surface area contributed by atoms with Crippen LogP contribution in [0, 0.1) is 11.3 Å². The lowest BCUT2D eigenvalue weighted by Crippen LogP contribution is -2.13. The SMILES string of the molecule is CC(C)(C)c1ccc2c3ccc(C(C)(C)C)cc3n(-c3cc(-c4cc(C(F)(F)F)cc(C(F)(F)F)c4)c(-n4c5cc(C(C)(C)C)ccc5c5ccc(C(C)(C)C)cc54)cc3C#N)c2c1. The fourth-order valence-electron chi connectivity index (χ4n) is 8.80. The molecule has 0 N–H and O–H groups in total. The van der Waals surface area contributed by atoms with Crippen molar-refractivity contribution in [1.82, 2.24) is 9.13 Å². The van der Waals surface area contributed by atoms with E-state index in [1.54, 1.807) is 12.1 Å². The van der Waals surface area contributed by atoms with Crippen LogP contribution in [0.3, 0.4) is 0 Å². The molecule has 0 atom stereocenters. The molecular formula is C55H53F6N3. The molecule has 0 saturated carbocycles. The predicted octanol–water partition coefficient (Wildman–Crippen LogP) is 16.6. The van der Waals surface area contributed by atoms with Crippen LogP contribution in [0.2, 0.25) is 0 Å². The Morgan fingerprint density at radius 3 is 0.969 bits per heavy atom. The molecule has 0 aliphatic carbocycles. The topological polar surface area (TPSA) is 33.6 Å². The maximum Gasteiger partial charge on any atom is 0.416 e. The van der Waals surface area contributed by atoms with Gasteiger partial charge in [0.05, 0.1) is 50.1 Å². The molecule has 330 valence electrons. The summed E-state index contributed by atoms with van der Waals surface area (Å²) >= 11 is 0. The van der Waals surface area contributed by atoms with Gasteiger partial charge in [-0.05, 0) is 104 Å². The predicted molar refractivity (Wildman–Crippen MR) is 250 cm³/mol. The van der Waals surface area contributed by atoms with Gasteiger partial charge in [-0.3, -0.25) is 0 Å². The summed E-state index contributed by atoms with van der Waals surface area (Å²) in [6.45, 7) is 25.1. The van der Waals surface area contributed by atoms with Gasteiger partial charge in [0.1, 0.15) is 6.07 Å². The van der Waals surface area contributed by atoms with Crippen molar-refractivity contribution in [2.45, 2.75) is 117 Å². The molecule has 0 aliphatic rings. The van der Waals surface area contributed by atoms with E-state index in [0.29, 0.717) is 16.7 Å². The first-order valence-electron chi connectivity index (χ1n) is 21.5. The quantitative estimate of drug-likeness (QED) is 0.163. The van der Waals surface area contributed by atoms with Gasteiger partial charge in [-0.15, -0.1) is 0 Å². The minimum absolute atomic E-state index is 0.0978. The molecule has 0 spiro atoms. The van der Waals surface area contributed by atoms with E-state index >= 15 is 0 Å². The van der Waals surface area contributed by atoms with Crippen LogP contribution >= 0.6 is 0 Å². The van der Waals surface area contributed by atoms with Crippen molar-refractivity contribution >= 4 is 43.6 Å². The average molecular weight is 870 g/mol. The Morgan fingerprint density at radius 2 is 0.688 bits per heavy atom. The second-order valence-corrected chi connectivity index (χ2v) is 21.4. The smallest absolute Gasteiger partial charge is 0.309 e. The lowest BCUT2D eigenvalue weighted by molar-refractivity contribution is -0.143. The summed E-state index contributed by atoms with van der Waals surface area (Å²) in [5, 5.41) is 14.8. The van der Waals surface area contributed by atoms with Gasteiger partial charge in [0.2, 0.25) is 0 Å². The van der Waals surface area contributed by atoms with Crippen molar-refractivity contribution in [1.29, 1.82) is 5.26 Å². The van der Waals surface area contributed by atoms with Crippen molar-refractivity contribution < 1.29 is 26.3 Å². The zero-order valence-corrected chi connectivity index (χ0v) is 38.4. The van der Waals surface area contributed by atoms with E-state index < -0.39 is 23.5 Å². The number of halogens is 6. The summed E-state index contributed by atoms with van der Waals surface area (Å²) in [5.74, 6) is 0. The van der Waals surface area contributed by atoms with Crippen LogP contribution in [0.15, 0.2) is 103 Å². The summed E-state index contributed by atoms with van der Waals surface area (Å²) in [5.41, 5.74) is 3.47. The summed E-state index contributed by atoms with van der Waals surface area (Å²) in [6, 6.07) is 32.1. The molecule has 0 radical (unpaired) electrons. The fraction of sp³-hybridized carbons (Fsp3) is 0.327. The minimum Gasteiger partial charge on any atom is -0.309 e. The first kappa shape index (κ1) is 44.6. The second-order valence-electron chi connectivity index (χ2n) is 21.4. The maximum absolute atomic E-state index is 14.8. The van der Waals surface area contributed by atoms with E-state index in [9.17, 15) is 31.6 Å². The number of alkyl halides is 6. The van der Waals surface area contributed by atoms with Crippen LogP contribution in [0.1, 0.15) is 122 Å². The van der Waals surface area contributed by atoms with Crippen molar-refractivity contribution in [3.8, 4) is 28.6 Å². The van der Waals surface area contributed by atoms with Gasteiger partial charge in [-0.1, -0.05) is 132 Å². The van der Waals surface area contributed by atoms with Crippen LogP contribution in [0.4, 0.5) is 26.3 Å². The van der Waals surface area contributed by atoms with Crippen LogP contribution in [-0.4, -0.2) is 9.13 Å². The molecule has 2 heterocycles. The molecule has 9 heteroatoms. The Labute approximate surface area is 370 Å². The van der Waals surface area contributed by atoms with E-state index in [-0.39, 0.29) is 50.1 Å². The Hall–Kier alpha value is -6.01. The highest BCUT2D eigenvalue weighted by molar-refractivity contribution is 6.12. The van der Waals surface area contributed by atoms with E-state index in [1.807, 2.05) is 45.5 Å². The van der Waals surface area contributed by atoms with Gasteiger partial charge in [-0.25, -0.2) is 0 Å². The standard InChI is InChI=1S/C55H53F6N3/c1-50(2,3)33-13-17-39-40-18-14-34(51(4,5)6)26-47(40)63(46(39)25-33)44-29-43(31-21-37(54(56,57)58)24-38(22-31)55(59,60)61)45(23-32(44)30-62)64-48-27-35(52(7,8)9)15-19-41(48)42-20-16-36(28-49(42)64)53(10,11)12/h13-29H,1-12H3. The molecule has 0 fully saturated rings. The summed E-state index contributed by atoms with van der Waals surface area (Å²) < 4.78 is 92.5. The molecule has 0 saturated heterocycles. The largest absolute Gasteiger partial charge is 0.416 e. The molecule has 3 nitrogen and oxygen atoms in total. The number of rotatable bonds is 3. The van der Waals surface area contributed by atoms with Crippen molar-refractivity contribution in [3.63, 3.8) is 0 Å². The molecule has 6 aromatic carbocycles. The molecule has 0 unspecified atom stereocenters. The third kappa shape index (κ3) is 7.73. The van der Waals surface area contributed by atoms with Crippen molar-refractivity contribution in [2.75, 3.05) is 0 Å². The number of nitrogens with zero attached hydrogens (tertiary/aromatic N) is 3. The fourth-order valence-corrected chi connectivity index (χ4v) is 8.80. The Kier molecular flexibility index (Phi) is 10.1. The molecule has 8 aromatic rings. The van der Waals surface area contributed by atoms with Gasteiger partial charge in [0.15, 0.2) is 0 Å². The summed E-state index contributed by atoms with van der Waals surface area (Å²) in [7, 11) is 0. The number of hydrogen-bond acceptors (Lipinski definition) is 1. The summed E-state index contributed by atoms with van der Waals surface area (Å²) in [6.07, 6.45) is -10.2. The minimum atomic E-state index is -5.10. The zero-order valence-electron chi connectivity index (χ0n) is 38.4. The Morgan fingerprint density at radius 1 is 0.375 bits per heavy atom. The Balaban J connectivity index is 1.62. The number of hydrogen-bond donors (Lipinski definition) is 0. The molecule has 64 heavy (non-hydrogen) atoms. The molecule has 8 rings (SSSR count). The summed E-state index contributed by atoms with van der Waals surface area (Å²) in [4.78, 5) is 0. The Bertz CT molecular complexity index is 3050. The lowest BCUT2D eigenvalue weighted by atomic mass is 9.86. The normalized spacial score (nSPS) is 13.5. The van der Waals surface area contributed by atoms with E-state index in [2.05, 4.69) is 126 Å². The first-order chi connectivity index (χ1) is 29.5. The van der Waals surface area contributed by atoms with Gasteiger partial charge in [0.25, 0.3) is 0 Å². The zero-order chi connectivity index (χ0) is 46.9. The van der Waals surface area contributed by atoms with Crippen LogP contribution in [-0.2, 0) is 34.0 Å². The number of fused-ring (bicyclic) bond motifs is 6. The second kappa shape index (κ2) is 14.5. The van der Waals surface area contributed by atoms with Crippen molar-refractivity contribution in [3.05, 3.63) is 142 Å². The maximum atomic E-state index is 14.8. The van der Waals surface area contributed by atoms with Gasteiger partial charge in [-0.2, -0.15) is 31.6 Å². The number of benzene rings is 6. The third-order valence-electron chi connectivity index (χ3n) is 12.6. The van der Waals surface area contributed by atoms with E-state index in [1.165, 1.54) is 0 Å². The third-order valence-corrected chi connectivity index (χ3v) is 12.6. The van der Waals surface area contributed by atoms with E-state index in [4.69, 9.17) is 0 Å². The first-order valence-corrected chi connectivity index (χ1v) is 21.5. The van der Waals surface area contributed by atoms with Crippen LogP contribution in [0.25, 0.3) is 66.1 Å². The van der Waals surface area contributed by atoms with Gasteiger partial charge in [0, 0.05) is 27.1 Å². The molecule has 0 aliphatic heterocycles. The highest BCUT2D eigenvalue weighted by atomic mass is 19.4. The molecule has 2 aromatic heterocycles. The van der Waals surface area contributed by atoms with Crippen molar-refractivity contribution in [2.24, 2.45) is 0 Å². The highest BCUT2D eigenvalue weighted by Gasteiger charge is 2.38. The molecular weight excluding hydrogens is 817 g/mol. The van der Waals surface area contributed by atoms with Gasteiger partial charge < -0.3 is 9.13 Å². The number of aromatic nitrogens is 2. The monoisotopic (exact) mass is 869 g/mol. The van der Waals surface area contributed by atoms with Crippen LogP contribution in [0.5, 0.6) is 0 Å². The average Bonchev–Trinajstić information content (AvgIpc) is 3.69. The lowest BCUT2D eigenvalue weighted by Gasteiger charge is -2.23. The van der Waals surface area contributed by atoms with E-state index in [0.717, 1.165) is 67.0 Å². The molecule has 0 bridgehead atoms. The number of nitriles is 1. The van der Waals surface area contributed by atoms with Crippen LogP contribution < -0.4 is 0 Å².